The van der Waals surface area contributed by atoms with Gasteiger partial charge in [-0.25, -0.2) is 0 Å². The van der Waals surface area contributed by atoms with Crippen LogP contribution in [-0.2, 0) is 41.7 Å². The summed E-state index contributed by atoms with van der Waals surface area (Å²) in [6.45, 7) is 14.6. The zero-order valence-electron chi connectivity index (χ0n) is 19.5. The minimum Gasteiger partial charge on any atom is -0.392 e. The molecule has 0 saturated heterocycles. The molecule has 0 aliphatic rings. The number of nitrogens with two attached hydrogens (primary N) is 2. The fraction of sp³-hybridized carbons (Fsp3) is 0.667. The predicted molar refractivity (Wildman–Crippen MR) is 142 cm³/mol. The number of hydrogen-bond donors (Lipinski definition) is 2. The van der Waals surface area contributed by atoms with Gasteiger partial charge in [-0.1, -0.05) is 0 Å². The van der Waals surface area contributed by atoms with Crippen molar-refractivity contribution in [2.45, 2.75) is 79.8 Å². The van der Waals surface area contributed by atoms with Crippen molar-refractivity contribution < 1.29 is 18.1 Å². The van der Waals surface area contributed by atoms with Gasteiger partial charge in [-0.05, 0) is 102 Å². The fourth-order valence-electron chi connectivity index (χ4n) is 1.97. The van der Waals surface area contributed by atoms with Gasteiger partial charge in [-0.3, -0.25) is 0 Å². The lowest BCUT2D eigenvalue weighted by Crippen LogP contribution is -2.10. The van der Waals surface area contributed by atoms with Gasteiger partial charge in [0.2, 0.25) is 0 Å². The summed E-state index contributed by atoms with van der Waals surface area (Å²) in [6.07, 6.45) is -0.874. The summed E-state index contributed by atoms with van der Waals surface area (Å²) >= 11 is 13.0. The molecule has 0 spiro atoms. The Labute approximate surface area is 210 Å². The highest BCUT2D eigenvalue weighted by molar-refractivity contribution is 8.69. The Hall–Kier alpha value is -0.100. The Kier molecular flexibility index (Phi) is 14.3. The molecule has 0 unspecified atom stereocenters. The molecule has 8 nitrogen and oxygen atoms in total. The molecule has 0 fully saturated rings. The van der Waals surface area contributed by atoms with E-state index < -0.39 is 11.4 Å². The first-order chi connectivity index (χ1) is 14.6. The molecule has 0 bridgehead atoms. The van der Waals surface area contributed by atoms with Gasteiger partial charge in [0.15, 0.2) is 0 Å². The summed E-state index contributed by atoms with van der Waals surface area (Å²) in [5.41, 5.74) is 6.25. The van der Waals surface area contributed by atoms with Gasteiger partial charge >= 0.3 is 0 Å². The van der Waals surface area contributed by atoms with Gasteiger partial charge in [0, 0.05) is 0 Å². The van der Waals surface area contributed by atoms with Crippen LogP contribution < -0.4 is 11.5 Å². The lowest BCUT2D eigenvalue weighted by atomic mass is 10.1. The molecule has 4 N–H and O–H groups in total. The summed E-state index contributed by atoms with van der Waals surface area (Å²) in [7, 11) is 0. The van der Waals surface area contributed by atoms with Crippen molar-refractivity contribution in [2.75, 3.05) is 0 Å². The molecule has 0 aliphatic carbocycles. The monoisotopic (exact) mass is 558 g/mol. The van der Waals surface area contributed by atoms with Crippen LogP contribution >= 0.6 is 34.2 Å². The second-order valence-corrected chi connectivity index (χ2v) is 19.5. The summed E-state index contributed by atoms with van der Waals surface area (Å²) in [4.78, 5) is 0. The van der Waals surface area contributed by atoms with Crippen molar-refractivity contribution in [1.29, 1.82) is 10.5 Å². The third-order valence-electron chi connectivity index (χ3n) is 2.75. The van der Waals surface area contributed by atoms with Crippen LogP contribution in [0.15, 0.2) is 21.2 Å². The molecule has 0 aromatic heterocycles. The van der Waals surface area contributed by atoms with Crippen molar-refractivity contribution in [3.05, 3.63) is 21.2 Å². The number of nitrogens with zero attached hydrogens (tertiary/aromatic N) is 2. The van der Waals surface area contributed by atoms with Crippen molar-refractivity contribution in [1.82, 2.24) is 0 Å². The molecule has 0 heterocycles. The van der Waals surface area contributed by atoms with Gasteiger partial charge in [-0.15, -0.1) is 0 Å². The van der Waals surface area contributed by atoms with Crippen LogP contribution in [0.2, 0.25) is 0 Å². The minimum atomic E-state index is -2.94. The van der Waals surface area contributed by atoms with Crippen LogP contribution in [0.1, 0.15) is 55.4 Å². The van der Waals surface area contributed by atoms with E-state index in [1.54, 1.807) is 0 Å². The van der Waals surface area contributed by atoms with E-state index in [2.05, 4.69) is 0 Å². The highest BCUT2D eigenvalue weighted by atomic mass is 32.9. The zero-order chi connectivity index (χ0) is 25.3. The summed E-state index contributed by atoms with van der Waals surface area (Å²) in [5, 5.41) is 19.5. The molecule has 0 saturated carbocycles. The van der Waals surface area contributed by atoms with E-state index in [0.29, 0.717) is 0 Å². The smallest absolute Gasteiger partial charge is 0.254 e. The van der Waals surface area contributed by atoms with Crippen LogP contribution in [0, 0.1) is 22.7 Å². The van der Waals surface area contributed by atoms with Crippen LogP contribution in [0.5, 0.6) is 0 Å². The Morgan fingerprint density at radius 1 is 0.656 bits per heavy atom. The predicted octanol–water partition coefficient (Wildman–Crippen LogP) is 5.99. The van der Waals surface area contributed by atoms with Crippen LogP contribution in [0.25, 0.3) is 0 Å². The largest absolute Gasteiger partial charge is 0.392 e. The maximum Gasteiger partial charge on any atom is 0.254 e. The summed E-state index contributed by atoms with van der Waals surface area (Å²) in [5.74, 6) is 0. The number of nitriles is 2. The first-order valence-corrected chi connectivity index (χ1v) is 17.8. The molecular formula is C18H32N4O4P2S4. The summed E-state index contributed by atoms with van der Waals surface area (Å²) < 4.78 is 23.2. The first kappa shape index (κ1) is 31.9. The van der Waals surface area contributed by atoms with E-state index in [9.17, 15) is 10.5 Å². The number of rotatable bonds is 13. The maximum atomic E-state index is 9.76. The van der Waals surface area contributed by atoms with Crippen molar-refractivity contribution >= 4 is 57.8 Å². The van der Waals surface area contributed by atoms with Crippen molar-refractivity contribution in [2.24, 2.45) is 11.5 Å². The third kappa shape index (κ3) is 11.9. The van der Waals surface area contributed by atoms with Crippen LogP contribution in [0.4, 0.5) is 0 Å². The second kappa shape index (κ2) is 14.3. The molecule has 14 heteroatoms. The van der Waals surface area contributed by atoms with Crippen LogP contribution in [0.3, 0.4) is 0 Å². The van der Waals surface area contributed by atoms with E-state index in [1.165, 1.54) is 0 Å². The molecular weight excluding hydrogens is 526 g/mol. The van der Waals surface area contributed by atoms with Gasteiger partial charge in [0.25, 0.3) is 11.4 Å². The maximum absolute atomic E-state index is 9.76. The van der Waals surface area contributed by atoms with Gasteiger partial charge < -0.3 is 29.6 Å². The molecule has 32 heavy (non-hydrogen) atoms. The first-order valence-electron chi connectivity index (χ1n) is 9.71. The highest BCUT2D eigenvalue weighted by Crippen LogP contribution is 2.66. The van der Waals surface area contributed by atoms with Gasteiger partial charge in [-0.2, -0.15) is 10.5 Å². The van der Waals surface area contributed by atoms with E-state index in [1.807, 2.05) is 67.5 Å². The Morgan fingerprint density at radius 2 is 0.875 bits per heavy atom. The lowest BCUT2D eigenvalue weighted by Gasteiger charge is -2.26. The van der Waals surface area contributed by atoms with E-state index >= 15 is 0 Å². The normalized spacial score (nSPS) is 14.4. The molecule has 0 aromatic carbocycles. The topological polar surface area (TPSA) is 137 Å². The zero-order valence-corrected chi connectivity index (χ0v) is 24.6. The molecule has 0 amide bonds. The van der Waals surface area contributed by atoms with E-state index in [4.69, 9.17) is 53.2 Å². The van der Waals surface area contributed by atoms with Gasteiger partial charge in [0.1, 0.15) is 23.3 Å². The minimum absolute atomic E-state index is 0.0138. The Morgan fingerprint density at radius 3 is 1.03 bits per heavy atom. The average molecular weight is 559 g/mol. The standard InChI is InChI=1S/C18H32N4O4P2S4/c1-11(2)23-27(29,24-12(3)4)31-17(21)15(9-19)16(10-20)18(22)32-28(30,25-13(5)6)26-14(7)8/h11-14H,21-22H2,1-8H3/b17-15-,18-16-. The quantitative estimate of drug-likeness (QED) is 0.156. The van der Waals surface area contributed by atoms with E-state index in [-0.39, 0.29) is 45.6 Å². The Balaban J connectivity index is 6.31. The number of hydrogen-bond acceptors (Lipinski definition) is 12. The number of allylic oxidation sites excluding steroid dienone is 2. The SMILES string of the molecule is CC(C)OP(=S)(OC(C)C)S/C(N)=C(C#N)\C(C#N)=C(\N)SP(=S)(OC(C)C)OC(C)C. The lowest BCUT2D eigenvalue weighted by molar-refractivity contribution is 0.185. The molecule has 182 valence electrons. The fourth-order valence-corrected chi connectivity index (χ4v) is 13.4. The second-order valence-electron chi connectivity index (χ2n) is 7.40. The molecule has 0 atom stereocenters. The Bertz CT molecular complexity index is 792. The molecule has 0 aromatic rings. The van der Waals surface area contributed by atoms with Crippen LogP contribution in [-0.4, -0.2) is 24.4 Å². The van der Waals surface area contributed by atoms with Crippen molar-refractivity contribution in [3.8, 4) is 12.1 Å². The summed E-state index contributed by atoms with van der Waals surface area (Å²) in [6, 6.07) is 3.89. The molecule has 0 aliphatic heterocycles. The van der Waals surface area contributed by atoms with Gasteiger partial charge in [0.05, 0.1) is 34.5 Å². The molecule has 0 rings (SSSR count). The van der Waals surface area contributed by atoms with Crippen molar-refractivity contribution in [3.63, 3.8) is 0 Å². The third-order valence-corrected chi connectivity index (χ3v) is 12.6. The van der Waals surface area contributed by atoms with E-state index in [0.717, 1.165) is 22.8 Å². The molecule has 0 radical (unpaired) electrons. The average Bonchev–Trinajstić information content (AvgIpc) is 2.54. The highest BCUT2D eigenvalue weighted by Gasteiger charge is 2.30.